The molecule has 0 saturated heterocycles. The molecule has 0 aliphatic carbocycles. The molecule has 2 rings (SSSR count). The maximum absolute atomic E-state index is 12.1. The Balaban J connectivity index is 2.06. The van der Waals surface area contributed by atoms with E-state index < -0.39 is 17.8 Å². The minimum absolute atomic E-state index is 0.101. The summed E-state index contributed by atoms with van der Waals surface area (Å²) in [4.78, 5) is 12.1. The maximum atomic E-state index is 12.1. The molecule has 4 nitrogen and oxygen atoms in total. The van der Waals surface area contributed by atoms with Crippen molar-refractivity contribution in [1.82, 2.24) is 5.09 Å². The van der Waals surface area contributed by atoms with Crippen molar-refractivity contribution >= 4 is 45.6 Å². The Labute approximate surface area is 158 Å². The molecule has 2 atom stereocenters. The number of esters is 1. The van der Waals surface area contributed by atoms with E-state index in [1.807, 2.05) is 63.2 Å². The Kier molecular flexibility index (Phi) is 6.50. The third-order valence-corrected chi connectivity index (χ3v) is 5.48. The molecule has 0 aromatic heterocycles. The first-order valence-corrected chi connectivity index (χ1v) is 11.6. The number of hydrogen-bond donors (Lipinski definition) is 1. The van der Waals surface area contributed by atoms with Gasteiger partial charge >= 0.3 is 5.97 Å². The molecule has 25 heavy (non-hydrogen) atoms. The monoisotopic (exact) mass is 399 g/mol. The van der Waals surface area contributed by atoms with Gasteiger partial charge in [0.25, 0.3) is 5.77 Å². The summed E-state index contributed by atoms with van der Waals surface area (Å²) in [6.07, 6.45) is 0. The van der Waals surface area contributed by atoms with E-state index in [0.29, 0.717) is 12.4 Å². The molecule has 2 aromatic rings. The molecule has 0 spiro atoms. The Hall–Kier alpha value is -1.13. The van der Waals surface area contributed by atoms with E-state index in [-0.39, 0.29) is 5.41 Å². The number of fused-ring (bicyclic) bond motifs is 1. The molecule has 2 aromatic carbocycles. The van der Waals surface area contributed by atoms with E-state index in [9.17, 15) is 4.79 Å². The van der Waals surface area contributed by atoms with Crippen LogP contribution in [0.2, 0.25) is 0 Å². The van der Waals surface area contributed by atoms with Crippen molar-refractivity contribution in [1.29, 1.82) is 0 Å². The highest BCUT2D eigenvalue weighted by Gasteiger charge is 2.26. The average Bonchev–Trinajstić information content (AvgIpc) is 2.51. The van der Waals surface area contributed by atoms with Gasteiger partial charge < -0.3 is 9.26 Å². The van der Waals surface area contributed by atoms with Crippen LogP contribution in [0.3, 0.4) is 0 Å². The lowest BCUT2D eigenvalue weighted by Gasteiger charge is -2.23. The summed E-state index contributed by atoms with van der Waals surface area (Å²) in [7, 11) is 0. The van der Waals surface area contributed by atoms with Crippen LogP contribution in [0.5, 0.6) is 5.75 Å². The van der Waals surface area contributed by atoms with Gasteiger partial charge in [-0.3, -0.25) is 4.79 Å². The van der Waals surface area contributed by atoms with Crippen LogP contribution in [-0.4, -0.2) is 18.6 Å². The van der Waals surface area contributed by atoms with Gasteiger partial charge in [-0.05, 0) is 46.8 Å². The molecule has 7 heteroatoms. The highest BCUT2D eigenvalue weighted by atomic mass is 35.7. The molecular weight excluding hydrogens is 377 g/mol. The predicted octanol–water partition coefficient (Wildman–Crippen LogP) is 5.25. The standard InChI is InChI=1S/C18H23ClNO3PS/c1-13(17(21)22-12-18(2,3)4)20-24(19,25)23-16-11-7-9-14-8-5-6-10-15(14)16/h5-11,13H,12H2,1-4H3,(H,20,25). The normalized spacial score (nSPS) is 15.4. The number of ether oxygens (including phenoxy) is 1. The first-order chi connectivity index (χ1) is 11.6. The highest BCUT2D eigenvalue weighted by molar-refractivity contribution is 8.23. The van der Waals surface area contributed by atoms with Crippen molar-refractivity contribution in [3.63, 3.8) is 0 Å². The van der Waals surface area contributed by atoms with E-state index in [2.05, 4.69) is 5.09 Å². The SMILES string of the molecule is CC(NP(=S)(Cl)Oc1cccc2ccccc12)C(=O)OCC(C)(C)C. The fraction of sp³-hybridized carbons (Fsp3) is 0.389. The molecule has 0 aliphatic rings. The summed E-state index contributed by atoms with van der Waals surface area (Å²) in [5.74, 6) is -2.74. The summed E-state index contributed by atoms with van der Waals surface area (Å²) in [5.41, 5.74) is -0.101. The average molecular weight is 400 g/mol. The second-order valence-electron chi connectivity index (χ2n) is 7.07. The van der Waals surface area contributed by atoms with Crippen LogP contribution in [0.15, 0.2) is 42.5 Å². The van der Waals surface area contributed by atoms with Gasteiger partial charge in [0.1, 0.15) is 11.8 Å². The topological polar surface area (TPSA) is 47.6 Å². The summed E-state index contributed by atoms with van der Waals surface area (Å²) < 4.78 is 11.1. The number of rotatable bonds is 6. The van der Waals surface area contributed by atoms with Crippen molar-refractivity contribution in [3.8, 4) is 5.75 Å². The van der Waals surface area contributed by atoms with E-state index >= 15 is 0 Å². The maximum Gasteiger partial charge on any atom is 0.323 e. The number of halogens is 1. The van der Waals surface area contributed by atoms with Crippen molar-refractivity contribution in [2.45, 2.75) is 33.7 Å². The van der Waals surface area contributed by atoms with E-state index in [1.165, 1.54) is 0 Å². The molecule has 0 radical (unpaired) electrons. The second kappa shape index (κ2) is 8.05. The number of nitrogens with one attached hydrogen (secondary N) is 1. The fourth-order valence-corrected chi connectivity index (χ4v) is 4.54. The van der Waals surface area contributed by atoms with Gasteiger partial charge in [0, 0.05) is 5.39 Å². The quantitative estimate of drug-likeness (QED) is 0.531. The van der Waals surface area contributed by atoms with Crippen LogP contribution in [-0.2, 0) is 21.3 Å². The van der Waals surface area contributed by atoms with Gasteiger partial charge in [0.05, 0.1) is 6.61 Å². The summed E-state index contributed by atoms with van der Waals surface area (Å²) in [6.45, 7) is 7.98. The first kappa shape index (κ1) is 20.2. The van der Waals surface area contributed by atoms with Gasteiger partial charge in [-0.1, -0.05) is 57.2 Å². The molecule has 0 amide bonds. The first-order valence-electron chi connectivity index (χ1n) is 7.99. The van der Waals surface area contributed by atoms with Crippen LogP contribution in [0.25, 0.3) is 10.8 Å². The molecule has 2 unspecified atom stereocenters. The zero-order valence-corrected chi connectivity index (χ0v) is 17.3. The van der Waals surface area contributed by atoms with Crippen LogP contribution in [0.4, 0.5) is 0 Å². The third-order valence-electron chi connectivity index (χ3n) is 3.31. The number of carbonyl (C=O) groups is 1. The van der Waals surface area contributed by atoms with Crippen molar-refractivity contribution in [2.75, 3.05) is 6.61 Å². The van der Waals surface area contributed by atoms with Crippen LogP contribution in [0, 0.1) is 5.41 Å². The van der Waals surface area contributed by atoms with Gasteiger partial charge in [-0.2, -0.15) is 0 Å². The molecule has 0 saturated carbocycles. The fourth-order valence-electron chi connectivity index (χ4n) is 2.12. The Morgan fingerprint density at radius 2 is 1.88 bits per heavy atom. The smallest absolute Gasteiger partial charge is 0.323 e. The lowest BCUT2D eigenvalue weighted by molar-refractivity contribution is -0.147. The van der Waals surface area contributed by atoms with Gasteiger partial charge in [0.2, 0.25) is 0 Å². The summed E-state index contributed by atoms with van der Waals surface area (Å²) in [5, 5.41) is 4.85. The Morgan fingerprint density at radius 1 is 1.24 bits per heavy atom. The lowest BCUT2D eigenvalue weighted by atomic mass is 9.99. The highest BCUT2D eigenvalue weighted by Crippen LogP contribution is 2.50. The molecule has 0 bridgehead atoms. The van der Waals surface area contributed by atoms with Crippen LogP contribution < -0.4 is 9.61 Å². The number of benzene rings is 2. The number of carbonyl (C=O) groups excluding carboxylic acids is 1. The zero-order valence-electron chi connectivity index (χ0n) is 14.8. The Morgan fingerprint density at radius 3 is 2.56 bits per heavy atom. The predicted molar refractivity (Wildman–Crippen MR) is 108 cm³/mol. The lowest BCUT2D eigenvalue weighted by Crippen LogP contribution is -2.34. The minimum atomic E-state index is -2.94. The summed E-state index contributed by atoms with van der Waals surface area (Å²) in [6, 6.07) is 12.8. The molecule has 1 N–H and O–H groups in total. The van der Waals surface area contributed by atoms with Gasteiger partial charge in [-0.25, -0.2) is 5.09 Å². The third kappa shape index (κ3) is 6.27. The number of hydrogen-bond acceptors (Lipinski definition) is 4. The molecule has 0 aliphatic heterocycles. The molecule has 0 heterocycles. The van der Waals surface area contributed by atoms with E-state index in [0.717, 1.165) is 10.8 Å². The van der Waals surface area contributed by atoms with Gasteiger partial charge in [-0.15, -0.1) is 0 Å². The molecule has 0 fully saturated rings. The van der Waals surface area contributed by atoms with Crippen LogP contribution >= 0.6 is 17.0 Å². The Bertz CT molecular complexity index is 801. The van der Waals surface area contributed by atoms with E-state index in [1.54, 1.807) is 6.92 Å². The molecule has 136 valence electrons. The van der Waals surface area contributed by atoms with Crippen molar-refractivity contribution in [3.05, 3.63) is 42.5 Å². The zero-order chi connectivity index (χ0) is 18.7. The van der Waals surface area contributed by atoms with Gasteiger partial charge in [0.15, 0.2) is 0 Å². The molecular formula is C18H23ClNO3PS. The minimum Gasteiger partial charge on any atom is -0.464 e. The van der Waals surface area contributed by atoms with E-state index in [4.69, 9.17) is 32.3 Å². The van der Waals surface area contributed by atoms with Crippen molar-refractivity contribution in [2.24, 2.45) is 5.41 Å². The largest absolute Gasteiger partial charge is 0.464 e. The second-order valence-corrected chi connectivity index (χ2v) is 12.0. The van der Waals surface area contributed by atoms with Crippen molar-refractivity contribution < 1.29 is 14.1 Å². The van der Waals surface area contributed by atoms with Crippen LogP contribution in [0.1, 0.15) is 27.7 Å². The summed E-state index contributed by atoms with van der Waals surface area (Å²) >= 11 is 11.8.